The van der Waals surface area contributed by atoms with Gasteiger partial charge in [-0.25, -0.2) is 0 Å². The first-order valence-corrected chi connectivity index (χ1v) is 7.97. The van der Waals surface area contributed by atoms with E-state index in [4.69, 9.17) is 0 Å². The number of hydrogen-bond donors (Lipinski definition) is 4. The van der Waals surface area contributed by atoms with Gasteiger partial charge < -0.3 is 15.4 Å². The molecule has 0 radical (unpaired) electrons. The number of hydrogen-bond acceptors (Lipinski definition) is 3. The van der Waals surface area contributed by atoms with Crippen LogP contribution >= 0.6 is 15.9 Å². The number of aromatic hydroxyl groups is 1. The molecule has 1 atom stereocenters. The third kappa shape index (κ3) is 4.47. The number of phenols is 1. The molecule has 5 nitrogen and oxygen atoms in total. The summed E-state index contributed by atoms with van der Waals surface area (Å²) >= 11 is 3.29. The third-order valence-corrected chi connectivity index (χ3v) is 4.02. The van der Waals surface area contributed by atoms with E-state index in [1.807, 2.05) is 0 Å². The predicted molar refractivity (Wildman–Crippen MR) is 85.0 cm³/mol. The van der Waals surface area contributed by atoms with Gasteiger partial charge >= 0.3 is 0 Å². The molecule has 1 aliphatic heterocycles. The molecule has 0 aliphatic carbocycles. The Balaban J connectivity index is 1.89. The Morgan fingerprint density at radius 2 is 2.29 bits per heavy atom. The lowest BCUT2D eigenvalue weighted by atomic mass is 10.2. The molecule has 0 saturated carbocycles. The zero-order valence-electron chi connectivity index (χ0n) is 12.1. The van der Waals surface area contributed by atoms with Crippen LogP contribution in [0.25, 0.3) is 0 Å². The normalized spacial score (nSPS) is 18.0. The minimum Gasteiger partial charge on any atom is -0.507 e. The van der Waals surface area contributed by atoms with Crippen LogP contribution in [0.3, 0.4) is 0 Å². The Labute approximate surface area is 133 Å². The molecule has 114 valence electrons. The minimum absolute atomic E-state index is 0.0336. The molecule has 0 bridgehead atoms. The highest BCUT2D eigenvalue weighted by Crippen LogP contribution is 2.21. The van der Waals surface area contributed by atoms with E-state index in [-0.39, 0.29) is 17.2 Å². The highest BCUT2D eigenvalue weighted by atomic mass is 79.9. The molecule has 1 aromatic carbocycles. The molecule has 0 fully saturated rings. The van der Waals surface area contributed by atoms with Crippen LogP contribution in [0.15, 0.2) is 34.4 Å². The summed E-state index contributed by atoms with van der Waals surface area (Å²) in [6, 6.07) is 4.77. The molecule has 1 amide bonds. The second-order valence-corrected chi connectivity index (χ2v) is 6.09. The fraction of sp³-hybridized carbons (Fsp3) is 0.400. The van der Waals surface area contributed by atoms with Crippen molar-refractivity contribution in [1.82, 2.24) is 10.9 Å². The van der Waals surface area contributed by atoms with Crippen molar-refractivity contribution in [2.24, 2.45) is 0 Å². The standard InChI is InChI=1S/C15H20BrN3O2/c1-2-7-19-8-5-12(6-9-19)17-18-15(21)13-10-11(16)3-4-14(13)20/h3-5,10,17,20H,2,6-9H2,1H3,(H,18,21)/p+1. The Morgan fingerprint density at radius 3 is 2.95 bits per heavy atom. The fourth-order valence-electron chi connectivity index (χ4n) is 2.37. The lowest BCUT2D eigenvalue weighted by Crippen LogP contribution is -3.12. The van der Waals surface area contributed by atoms with Crippen LogP contribution in [0.2, 0.25) is 0 Å². The van der Waals surface area contributed by atoms with Gasteiger partial charge in [-0.15, -0.1) is 0 Å². The van der Waals surface area contributed by atoms with Gasteiger partial charge in [-0.1, -0.05) is 22.9 Å². The summed E-state index contributed by atoms with van der Waals surface area (Å²) in [4.78, 5) is 13.6. The molecule has 4 N–H and O–H groups in total. The Bertz CT molecular complexity index is 546. The van der Waals surface area contributed by atoms with Crippen molar-refractivity contribution < 1.29 is 14.8 Å². The van der Waals surface area contributed by atoms with E-state index in [9.17, 15) is 9.90 Å². The van der Waals surface area contributed by atoms with E-state index >= 15 is 0 Å². The molecule has 6 heteroatoms. The number of carbonyl (C=O) groups is 1. The average Bonchev–Trinajstić information content (AvgIpc) is 2.49. The molecule has 1 heterocycles. The fourth-order valence-corrected chi connectivity index (χ4v) is 2.73. The van der Waals surface area contributed by atoms with Crippen LogP contribution < -0.4 is 15.8 Å². The smallest absolute Gasteiger partial charge is 0.273 e. The van der Waals surface area contributed by atoms with E-state index < -0.39 is 0 Å². The SMILES string of the molecule is CCC[NH+]1CC=C(NNC(=O)c2cc(Br)ccc2O)CC1. The number of halogens is 1. The van der Waals surface area contributed by atoms with Gasteiger partial charge in [0.05, 0.1) is 25.2 Å². The predicted octanol–water partition coefficient (Wildman–Crippen LogP) is 0.972. The molecular formula is C15H21BrN3O2+. The maximum Gasteiger partial charge on any atom is 0.273 e. The van der Waals surface area contributed by atoms with Crippen LogP contribution in [0.4, 0.5) is 0 Å². The summed E-state index contributed by atoms with van der Waals surface area (Å²) in [6.45, 7) is 5.43. The Kier molecular flexibility index (Phi) is 5.64. The molecule has 2 rings (SSSR count). The summed E-state index contributed by atoms with van der Waals surface area (Å²) in [7, 11) is 0. The monoisotopic (exact) mass is 354 g/mol. The number of rotatable bonds is 5. The minimum atomic E-state index is -0.349. The van der Waals surface area contributed by atoms with Gasteiger partial charge in [0, 0.05) is 16.6 Å². The van der Waals surface area contributed by atoms with E-state index in [1.54, 1.807) is 17.0 Å². The second kappa shape index (κ2) is 7.47. The van der Waals surface area contributed by atoms with Gasteiger partial charge in [0.1, 0.15) is 5.75 Å². The molecule has 0 spiro atoms. The van der Waals surface area contributed by atoms with E-state index in [0.29, 0.717) is 0 Å². The summed E-state index contributed by atoms with van der Waals surface area (Å²) in [5, 5.41) is 9.71. The molecular weight excluding hydrogens is 334 g/mol. The first-order chi connectivity index (χ1) is 10.1. The van der Waals surface area contributed by atoms with Gasteiger partial charge in [0.2, 0.25) is 0 Å². The summed E-state index contributed by atoms with van der Waals surface area (Å²) < 4.78 is 0.751. The number of amides is 1. The number of benzene rings is 1. The number of carbonyl (C=O) groups excluding carboxylic acids is 1. The highest BCUT2D eigenvalue weighted by molar-refractivity contribution is 9.10. The maximum absolute atomic E-state index is 12.0. The number of hydrazine groups is 1. The van der Waals surface area contributed by atoms with Crippen LogP contribution in [-0.4, -0.2) is 30.6 Å². The van der Waals surface area contributed by atoms with E-state index in [2.05, 4.69) is 39.8 Å². The average molecular weight is 355 g/mol. The van der Waals surface area contributed by atoms with E-state index in [1.165, 1.54) is 19.0 Å². The van der Waals surface area contributed by atoms with E-state index in [0.717, 1.165) is 29.7 Å². The highest BCUT2D eigenvalue weighted by Gasteiger charge is 2.15. The van der Waals surface area contributed by atoms with Gasteiger partial charge in [0.15, 0.2) is 0 Å². The van der Waals surface area contributed by atoms with Crippen LogP contribution in [0.5, 0.6) is 5.75 Å². The van der Waals surface area contributed by atoms with Crippen molar-refractivity contribution in [1.29, 1.82) is 0 Å². The molecule has 1 aliphatic rings. The topological polar surface area (TPSA) is 65.8 Å². The van der Waals surface area contributed by atoms with Crippen molar-refractivity contribution in [2.45, 2.75) is 19.8 Å². The second-order valence-electron chi connectivity index (χ2n) is 5.17. The van der Waals surface area contributed by atoms with Gasteiger partial charge in [-0.2, -0.15) is 0 Å². The van der Waals surface area contributed by atoms with Crippen molar-refractivity contribution in [3.63, 3.8) is 0 Å². The lowest BCUT2D eigenvalue weighted by Gasteiger charge is -2.23. The molecule has 1 aromatic rings. The Morgan fingerprint density at radius 1 is 1.48 bits per heavy atom. The van der Waals surface area contributed by atoms with Gasteiger partial charge in [0.25, 0.3) is 5.91 Å². The van der Waals surface area contributed by atoms with Crippen LogP contribution in [0, 0.1) is 0 Å². The van der Waals surface area contributed by atoms with Crippen LogP contribution in [-0.2, 0) is 0 Å². The third-order valence-electron chi connectivity index (χ3n) is 3.53. The quantitative estimate of drug-likeness (QED) is 0.596. The van der Waals surface area contributed by atoms with Crippen molar-refractivity contribution >= 4 is 21.8 Å². The maximum atomic E-state index is 12.0. The largest absolute Gasteiger partial charge is 0.507 e. The van der Waals surface area contributed by atoms with Gasteiger partial charge in [-0.05, 0) is 30.7 Å². The number of nitrogens with one attached hydrogen (secondary N) is 3. The Hall–Kier alpha value is -1.53. The summed E-state index contributed by atoms with van der Waals surface area (Å²) in [5.41, 5.74) is 6.86. The van der Waals surface area contributed by atoms with Gasteiger partial charge in [-0.3, -0.25) is 10.2 Å². The lowest BCUT2D eigenvalue weighted by molar-refractivity contribution is -0.895. The van der Waals surface area contributed by atoms with Crippen molar-refractivity contribution in [2.75, 3.05) is 19.6 Å². The molecule has 21 heavy (non-hydrogen) atoms. The molecule has 1 unspecified atom stereocenters. The zero-order valence-corrected chi connectivity index (χ0v) is 13.7. The van der Waals surface area contributed by atoms with Crippen molar-refractivity contribution in [3.05, 3.63) is 40.0 Å². The number of quaternary nitrogens is 1. The first-order valence-electron chi connectivity index (χ1n) is 7.17. The van der Waals surface area contributed by atoms with Crippen LogP contribution in [0.1, 0.15) is 30.1 Å². The number of phenolic OH excluding ortho intramolecular Hbond substituents is 1. The molecule has 0 saturated heterocycles. The summed E-state index contributed by atoms with van der Waals surface area (Å²) in [5.74, 6) is -0.383. The van der Waals surface area contributed by atoms with Crippen molar-refractivity contribution in [3.8, 4) is 5.75 Å². The molecule has 0 aromatic heterocycles. The first kappa shape index (κ1) is 15.9. The zero-order chi connectivity index (χ0) is 15.2. The summed E-state index contributed by atoms with van der Waals surface area (Å²) in [6.07, 6.45) is 4.22.